The highest BCUT2D eigenvalue weighted by atomic mass is 31.1. The molecule has 0 saturated carbocycles. The lowest BCUT2D eigenvalue weighted by atomic mass is 9.74. The van der Waals surface area contributed by atoms with Crippen LogP contribution in [-0.4, -0.2) is 54.7 Å². The minimum atomic E-state index is -0.842. The molecule has 0 radical (unpaired) electrons. The number of Topliss-reactive ketones (excluding diaryl/α,β-unsaturated/α-hetero) is 1. The first-order valence-corrected chi connectivity index (χ1v) is 16.7. The van der Waals surface area contributed by atoms with Crippen LogP contribution in [0.5, 0.6) is 0 Å². The van der Waals surface area contributed by atoms with Crippen LogP contribution < -0.4 is 5.32 Å². The van der Waals surface area contributed by atoms with Crippen LogP contribution in [0, 0.1) is 18.8 Å². The third-order valence-corrected chi connectivity index (χ3v) is 8.67. The van der Waals surface area contributed by atoms with Gasteiger partial charge in [-0.05, 0) is 64.4 Å². The van der Waals surface area contributed by atoms with E-state index in [1.807, 2.05) is 45.9 Å². The van der Waals surface area contributed by atoms with E-state index < -0.39 is 36.7 Å². The fourth-order valence-electron chi connectivity index (χ4n) is 5.50. The van der Waals surface area contributed by atoms with Crippen molar-refractivity contribution in [1.29, 1.82) is 0 Å². The fourth-order valence-corrected chi connectivity index (χ4v) is 6.29. The van der Waals surface area contributed by atoms with E-state index in [4.69, 9.17) is 9.47 Å². The van der Waals surface area contributed by atoms with Gasteiger partial charge in [-0.3, -0.25) is 9.59 Å². The highest BCUT2D eigenvalue weighted by Gasteiger charge is 2.49. The van der Waals surface area contributed by atoms with Gasteiger partial charge in [-0.2, -0.15) is 0 Å². The van der Waals surface area contributed by atoms with Gasteiger partial charge in [0, 0.05) is 25.3 Å². The van der Waals surface area contributed by atoms with Crippen LogP contribution in [0.25, 0.3) is 0 Å². The van der Waals surface area contributed by atoms with E-state index in [0.29, 0.717) is 38.1 Å². The Balaban J connectivity index is 2.01. The van der Waals surface area contributed by atoms with E-state index in [9.17, 15) is 14.4 Å². The second kappa shape index (κ2) is 15.0. The second-order valence-corrected chi connectivity index (χ2v) is 14.6. The molecule has 0 bridgehead atoms. The number of esters is 1. The number of amides is 1. The number of rotatable bonds is 15. The van der Waals surface area contributed by atoms with Crippen LogP contribution in [0.3, 0.4) is 0 Å². The van der Waals surface area contributed by atoms with Crippen molar-refractivity contribution in [3.05, 3.63) is 35.4 Å². The number of aryl methyl sites for hydroxylation is 1. The number of ketones is 1. The molecule has 6 nitrogen and oxygen atoms in total. The summed E-state index contributed by atoms with van der Waals surface area (Å²) >= 11 is 0. The van der Waals surface area contributed by atoms with Gasteiger partial charge in [0.1, 0.15) is 23.3 Å². The van der Waals surface area contributed by atoms with Gasteiger partial charge in [0.25, 0.3) is 0 Å². The van der Waals surface area contributed by atoms with E-state index in [1.165, 1.54) is 0 Å². The Kier molecular flexibility index (Phi) is 12.7. The van der Waals surface area contributed by atoms with Gasteiger partial charge in [0.05, 0.1) is 20.5 Å². The van der Waals surface area contributed by atoms with Gasteiger partial charge in [-0.1, -0.05) is 57.0 Å². The molecule has 0 aromatic heterocycles. The molecule has 1 heterocycles. The molecular formula is C32H51NO5P+. The van der Waals surface area contributed by atoms with Crippen LogP contribution in [-0.2, 0) is 19.1 Å². The minimum absolute atomic E-state index is 0.0420. The van der Waals surface area contributed by atoms with Crippen molar-refractivity contribution in [2.75, 3.05) is 19.4 Å². The zero-order valence-electron chi connectivity index (χ0n) is 25.3. The highest BCUT2D eigenvalue weighted by Crippen LogP contribution is 2.41. The molecule has 1 N–H and O–H groups in total. The average Bonchev–Trinajstić information content (AvgIpc) is 2.82. The number of hydrogen-bond acceptors (Lipinski definition) is 5. The zero-order valence-corrected chi connectivity index (χ0v) is 26.2. The lowest BCUT2D eigenvalue weighted by Crippen LogP contribution is -2.50. The second-order valence-electron chi connectivity index (χ2n) is 12.4. The zero-order chi connectivity index (χ0) is 29.2. The van der Waals surface area contributed by atoms with Gasteiger partial charge < -0.3 is 14.8 Å². The predicted molar refractivity (Wildman–Crippen MR) is 162 cm³/mol. The van der Waals surface area contributed by atoms with E-state index in [2.05, 4.69) is 38.2 Å². The molecule has 1 aliphatic heterocycles. The Labute approximate surface area is 237 Å². The minimum Gasteiger partial charge on any atom is -0.458 e. The molecule has 1 aromatic rings. The largest absolute Gasteiger partial charge is 0.458 e. The number of alkyl carbamates (subject to hydrolysis) is 1. The van der Waals surface area contributed by atoms with Crippen LogP contribution in [0.4, 0.5) is 4.79 Å². The average molecular weight is 561 g/mol. The summed E-state index contributed by atoms with van der Waals surface area (Å²) in [7, 11) is -0.449. The summed E-state index contributed by atoms with van der Waals surface area (Å²) in [4.78, 5) is 39.4. The summed E-state index contributed by atoms with van der Waals surface area (Å²) in [5.41, 5.74) is 0.740. The molecule has 2 rings (SSSR count). The number of ether oxygens (including phenoxy) is 2. The maximum Gasteiger partial charge on any atom is 0.407 e. The molecule has 1 saturated heterocycles. The van der Waals surface area contributed by atoms with Crippen LogP contribution in [0.1, 0.15) is 103 Å². The third-order valence-electron chi connectivity index (χ3n) is 7.68. The lowest BCUT2D eigenvalue weighted by molar-refractivity contribution is -0.180. The molecule has 0 spiro atoms. The highest BCUT2D eigenvalue weighted by molar-refractivity contribution is 7.54. The monoisotopic (exact) mass is 560 g/mol. The lowest BCUT2D eigenvalue weighted by Gasteiger charge is -2.40. The summed E-state index contributed by atoms with van der Waals surface area (Å²) < 4.78 is 11.8. The van der Waals surface area contributed by atoms with Crippen molar-refractivity contribution < 1.29 is 23.9 Å². The first kappa shape index (κ1) is 33.0. The standard InChI is InChI=1S/C32H50NO5P/c1-9-26(25-15-10-14-24(4)21-25)28-27(34)22-32(37-29(28)35,18-20-39(7)8)17-12-19-33-30(36)38-31(5,6)16-11-13-23(2)3/h10,14-15,21,23,26,28H,7,9,11-13,16-20,22H2,1-6,8H3/p+1. The summed E-state index contributed by atoms with van der Waals surface area (Å²) in [6, 6.07) is 8.04. The molecule has 4 atom stereocenters. The van der Waals surface area contributed by atoms with Crippen molar-refractivity contribution in [3.63, 3.8) is 0 Å². The molecule has 1 aliphatic rings. The van der Waals surface area contributed by atoms with Crippen LogP contribution in [0.2, 0.25) is 0 Å². The Bertz CT molecular complexity index is 984. The van der Waals surface area contributed by atoms with E-state index in [1.54, 1.807) is 0 Å². The first-order chi connectivity index (χ1) is 18.3. The molecule has 7 heteroatoms. The Morgan fingerprint density at radius 2 is 1.97 bits per heavy atom. The summed E-state index contributed by atoms with van der Waals surface area (Å²) in [5.74, 6) is -0.807. The molecule has 39 heavy (non-hydrogen) atoms. The van der Waals surface area contributed by atoms with E-state index in [-0.39, 0.29) is 18.1 Å². The molecule has 4 unspecified atom stereocenters. The fraction of sp³-hybridized carbons (Fsp3) is 0.688. The SMILES string of the molecule is C=[P+](C)CCC1(CCCNC(=O)OC(C)(C)CCCC(C)C)CC(=O)C(C(CC)c2cccc(C)c2)C(=O)O1. The van der Waals surface area contributed by atoms with Gasteiger partial charge in [0.15, 0.2) is 5.78 Å². The van der Waals surface area contributed by atoms with Crippen LogP contribution >= 0.6 is 7.55 Å². The molecule has 1 amide bonds. The molecule has 218 valence electrons. The maximum absolute atomic E-state index is 13.5. The number of carbonyl (C=O) groups is 3. The molecule has 1 aromatic carbocycles. The van der Waals surface area contributed by atoms with Crippen molar-refractivity contribution in [3.8, 4) is 0 Å². The molecule has 1 fully saturated rings. The van der Waals surface area contributed by atoms with Crippen molar-refractivity contribution in [1.82, 2.24) is 5.32 Å². The topological polar surface area (TPSA) is 81.7 Å². The third kappa shape index (κ3) is 10.7. The number of nitrogens with one attached hydrogen (secondary N) is 1. The van der Waals surface area contributed by atoms with Crippen LogP contribution in [0.15, 0.2) is 24.3 Å². The van der Waals surface area contributed by atoms with E-state index in [0.717, 1.165) is 36.6 Å². The Morgan fingerprint density at radius 3 is 2.56 bits per heavy atom. The number of hydrogen-bond donors (Lipinski definition) is 1. The summed E-state index contributed by atoms with van der Waals surface area (Å²) in [6.45, 7) is 14.8. The first-order valence-electron chi connectivity index (χ1n) is 14.6. The summed E-state index contributed by atoms with van der Waals surface area (Å²) in [6.07, 6.45) is 10.1. The van der Waals surface area contributed by atoms with E-state index >= 15 is 0 Å². The van der Waals surface area contributed by atoms with Gasteiger partial charge in [-0.25, -0.2) is 4.79 Å². The smallest absolute Gasteiger partial charge is 0.407 e. The quantitative estimate of drug-likeness (QED) is 0.105. The maximum atomic E-state index is 13.5. The van der Waals surface area contributed by atoms with Crippen molar-refractivity contribution in [2.45, 2.75) is 110 Å². The van der Waals surface area contributed by atoms with Gasteiger partial charge in [0.2, 0.25) is 0 Å². The van der Waals surface area contributed by atoms with Crippen molar-refractivity contribution in [2.24, 2.45) is 11.8 Å². The van der Waals surface area contributed by atoms with Gasteiger partial charge >= 0.3 is 12.1 Å². The summed E-state index contributed by atoms with van der Waals surface area (Å²) in [5, 5.41) is 2.85. The normalized spacial score (nSPS) is 20.9. The predicted octanol–water partition coefficient (Wildman–Crippen LogP) is 7.40. The molecular weight excluding hydrogens is 509 g/mol. The van der Waals surface area contributed by atoms with Crippen molar-refractivity contribution >= 4 is 31.7 Å². The van der Waals surface area contributed by atoms with Gasteiger partial charge in [-0.15, -0.1) is 0 Å². The number of carbonyl (C=O) groups excluding carboxylic acids is 3. The Hall–Kier alpha value is -2.20. The Morgan fingerprint density at radius 1 is 1.26 bits per heavy atom. The number of cyclic esters (lactones) is 1. The number of benzene rings is 1. The molecule has 0 aliphatic carbocycles.